The van der Waals surface area contributed by atoms with Gasteiger partial charge < -0.3 is 21.1 Å². The summed E-state index contributed by atoms with van der Waals surface area (Å²) in [7, 11) is 0. The maximum atomic E-state index is 13.7. The molecule has 0 aromatic heterocycles. The molecule has 1 aliphatic rings. The zero-order valence-electron chi connectivity index (χ0n) is 21.4. The molecule has 2 amide bonds. The van der Waals surface area contributed by atoms with Gasteiger partial charge in [-0.1, -0.05) is 66.4 Å². The van der Waals surface area contributed by atoms with E-state index in [0.29, 0.717) is 13.1 Å². The fraction of sp³-hybridized carbons (Fsp3) is 0.310. The summed E-state index contributed by atoms with van der Waals surface area (Å²) in [5, 5.41) is 12.2. The number of aliphatic hydroxyl groups is 1. The van der Waals surface area contributed by atoms with E-state index in [4.69, 9.17) is 5.73 Å². The molecule has 4 N–H and O–H groups in total. The zero-order valence-corrected chi connectivity index (χ0v) is 23.0. The van der Waals surface area contributed by atoms with E-state index in [1.807, 2.05) is 54.8 Å². The standard InChI is InChI=1S/C29H33N3O3S2/c1-29(2,30)15-26(34)31-27-28(35)32(17-21-10-11-23(36-3)14-25(21)37-27)16-19-9-12-24(22(13-19)18-33)20-7-5-4-6-8-20/h4-14,27,33H,15-18,30H2,1-3H3,(H,31,34)/t27-/m1/s1. The minimum Gasteiger partial charge on any atom is -0.392 e. The largest absolute Gasteiger partial charge is 0.392 e. The average molecular weight is 536 g/mol. The topological polar surface area (TPSA) is 95.7 Å². The lowest BCUT2D eigenvalue weighted by Gasteiger charge is -2.26. The molecule has 194 valence electrons. The molecule has 0 bridgehead atoms. The summed E-state index contributed by atoms with van der Waals surface area (Å²) in [6.07, 6.45) is 2.14. The first-order chi connectivity index (χ1) is 17.7. The van der Waals surface area contributed by atoms with Crippen molar-refractivity contribution in [2.75, 3.05) is 6.26 Å². The van der Waals surface area contributed by atoms with Crippen LogP contribution in [0.3, 0.4) is 0 Å². The third kappa shape index (κ3) is 6.96. The summed E-state index contributed by atoms with van der Waals surface area (Å²) in [5.41, 5.74) is 10.1. The molecule has 1 atom stereocenters. The Morgan fingerprint density at radius 1 is 1.16 bits per heavy atom. The second-order valence-corrected chi connectivity index (χ2v) is 11.9. The van der Waals surface area contributed by atoms with Gasteiger partial charge in [-0.2, -0.15) is 0 Å². The number of nitrogens with one attached hydrogen (secondary N) is 1. The first-order valence-electron chi connectivity index (χ1n) is 12.2. The van der Waals surface area contributed by atoms with Gasteiger partial charge in [-0.05, 0) is 60.1 Å². The van der Waals surface area contributed by atoms with Gasteiger partial charge in [-0.25, -0.2) is 0 Å². The van der Waals surface area contributed by atoms with Gasteiger partial charge in [0.2, 0.25) is 5.91 Å². The number of benzene rings is 3. The van der Waals surface area contributed by atoms with Crippen LogP contribution >= 0.6 is 23.5 Å². The van der Waals surface area contributed by atoms with Crippen molar-refractivity contribution < 1.29 is 14.7 Å². The van der Waals surface area contributed by atoms with E-state index in [0.717, 1.165) is 37.6 Å². The van der Waals surface area contributed by atoms with Gasteiger partial charge in [0.1, 0.15) is 0 Å². The van der Waals surface area contributed by atoms with Crippen LogP contribution in [0.25, 0.3) is 11.1 Å². The highest BCUT2D eigenvalue weighted by Crippen LogP contribution is 2.35. The zero-order chi connectivity index (χ0) is 26.6. The maximum Gasteiger partial charge on any atom is 0.256 e. The van der Waals surface area contributed by atoms with Gasteiger partial charge in [0.25, 0.3) is 5.91 Å². The summed E-state index contributed by atoms with van der Waals surface area (Å²) in [6.45, 7) is 4.27. The number of amides is 2. The molecule has 3 aromatic rings. The van der Waals surface area contributed by atoms with Crippen LogP contribution in [0.5, 0.6) is 0 Å². The van der Waals surface area contributed by atoms with Crippen molar-refractivity contribution in [3.63, 3.8) is 0 Å². The molecule has 0 fully saturated rings. The molecule has 0 saturated carbocycles. The first kappa shape index (κ1) is 27.3. The number of carbonyl (C=O) groups is 2. The van der Waals surface area contributed by atoms with Crippen molar-refractivity contribution in [3.8, 4) is 11.1 Å². The quantitative estimate of drug-likeness (QED) is 0.360. The molecule has 0 saturated heterocycles. The van der Waals surface area contributed by atoms with Gasteiger partial charge in [0.15, 0.2) is 5.37 Å². The van der Waals surface area contributed by atoms with Crippen LogP contribution < -0.4 is 11.1 Å². The number of aliphatic hydroxyl groups excluding tert-OH is 1. The Bertz CT molecular complexity index is 1280. The van der Waals surface area contributed by atoms with Crippen LogP contribution in [0.2, 0.25) is 0 Å². The number of nitrogens with zero attached hydrogens (tertiary/aromatic N) is 1. The molecule has 37 heavy (non-hydrogen) atoms. The van der Waals surface area contributed by atoms with Crippen LogP contribution in [0.1, 0.15) is 37.0 Å². The van der Waals surface area contributed by atoms with E-state index >= 15 is 0 Å². The van der Waals surface area contributed by atoms with E-state index in [1.54, 1.807) is 30.5 Å². The van der Waals surface area contributed by atoms with Crippen molar-refractivity contribution in [3.05, 3.63) is 83.4 Å². The summed E-state index contributed by atoms with van der Waals surface area (Å²) in [6, 6.07) is 22.1. The number of rotatable bonds is 8. The second kappa shape index (κ2) is 11.7. The summed E-state index contributed by atoms with van der Waals surface area (Å²) < 4.78 is 0. The number of nitrogens with two attached hydrogens (primary N) is 1. The predicted molar refractivity (Wildman–Crippen MR) is 151 cm³/mol. The molecule has 0 spiro atoms. The maximum absolute atomic E-state index is 13.7. The smallest absolute Gasteiger partial charge is 0.256 e. The Morgan fingerprint density at radius 2 is 1.92 bits per heavy atom. The molecular weight excluding hydrogens is 502 g/mol. The van der Waals surface area contributed by atoms with Gasteiger partial charge >= 0.3 is 0 Å². The molecule has 1 aliphatic heterocycles. The highest BCUT2D eigenvalue weighted by atomic mass is 32.2. The predicted octanol–water partition coefficient (Wildman–Crippen LogP) is 4.77. The van der Waals surface area contributed by atoms with E-state index in [-0.39, 0.29) is 24.8 Å². The Morgan fingerprint density at radius 3 is 2.59 bits per heavy atom. The van der Waals surface area contributed by atoms with Crippen molar-refractivity contribution in [2.45, 2.75) is 60.7 Å². The number of carbonyl (C=O) groups excluding carboxylic acids is 2. The third-order valence-corrected chi connectivity index (χ3v) is 8.04. The van der Waals surface area contributed by atoms with Gasteiger partial charge in [0.05, 0.1) is 6.61 Å². The van der Waals surface area contributed by atoms with Gasteiger partial charge in [-0.3, -0.25) is 9.59 Å². The Kier molecular flexibility index (Phi) is 8.64. The fourth-order valence-electron chi connectivity index (χ4n) is 4.36. The number of thioether (sulfide) groups is 2. The molecule has 0 radical (unpaired) electrons. The van der Waals surface area contributed by atoms with Crippen LogP contribution in [0.15, 0.2) is 76.5 Å². The Labute approximate surface area is 227 Å². The van der Waals surface area contributed by atoms with Crippen LogP contribution in [0.4, 0.5) is 0 Å². The summed E-state index contributed by atoms with van der Waals surface area (Å²) >= 11 is 3.01. The molecule has 4 rings (SSSR count). The van der Waals surface area contributed by atoms with Gasteiger partial charge in [0, 0.05) is 34.8 Å². The lowest BCUT2D eigenvalue weighted by Crippen LogP contribution is -2.47. The highest BCUT2D eigenvalue weighted by molar-refractivity contribution is 8.01. The minimum absolute atomic E-state index is 0.101. The fourth-order valence-corrected chi connectivity index (χ4v) is 6.05. The normalized spacial score (nSPS) is 15.8. The molecular formula is C29H33N3O3S2. The van der Waals surface area contributed by atoms with Crippen LogP contribution in [-0.4, -0.2) is 39.0 Å². The molecule has 0 unspecified atom stereocenters. The monoisotopic (exact) mass is 535 g/mol. The SMILES string of the molecule is CSc1ccc2c(c1)S[C@@H](NC(=O)CC(C)(C)N)C(=O)N(Cc1ccc(-c3ccccc3)c(CO)c1)C2. The Balaban J connectivity index is 1.63. The Hall–Kier alpha value is -2.78. The number of hydrogen-bond donors (Lipinski definition) is 3. The average Bonchev–Trinajstić information content (AvgIpc) is 2.99. The van der Waals surface area contributed by atoms with Gasteiger partial charge in [-0.15, -0.1) is 11.8 Å². The number of fused-ring (bicyclic) bond motifs is 1. The van der Waals surface area contributed by atoms with E-state index in [2.05, 4.69) is 23.5 Å². The van der Waals surface area contributed by atoms with Crippen molar-refractivity contribution in [1.82, 2.24) is 10.2 Å². The van der Waals surface area contributed by atoms with Crippen LogP contribution in [0, 0.1) is 0 Å². The van der Waals surface area contributed by atoms with Crippen molar-refractivity contribution >= 4 is 35.3 Å². The van der Waals surface area contributed by atoms with Crippen LogP contribution in [-0.2, 0) is 29.3 Å². The molecule has 0 aliphatic carbocycles. The molecule has 8 heteroatoms. The molecule has 3 aromatic carbocycles. The number of hydrogen-bond acceptors (Lipinski definition) is 6. The lowest BCUT2D eigenvalue weighted by atomic mass is 9.97. The minimum atomic E-state index is -0.755. The summed E-state index contributed by atoms with van der Waals surface area (Å²) in [4.78, 5) is 30.3. The second-order valence-electron chi connectivity index (χ2n) is 9.91. The lowest BCUT2D eigenvalue weighted by molar-refractivity contribution is -0.135. The van der Waals surface area contributed by atoms with Crippen molar-refractivity contribution in [1.29, 1.82) is 0 Å². The molecule has 6 nitrogen and oxygen atoms in total. The van der Waals surface area contributed by atoms with E-state index in [1.165, 1.54) is 11.8 Å². The van der Waals surface area contributed by atoms with Crippen molar-refractivity contribution in [2.24, 2.45) is 5.73 Å². The van der Waals surface area contributed by atoms with E-state index < -0.39 is 10.9 Å². The highest BCUT2D eigenvalue weighted by Gasteiger charge is 2.32. The third-order valence-electron chi connectivity index (χ3n) is 6.12. The first-order valence-corrected chi connectivity index (χ1v) is 14.3. The summed E-state index contributed by atoms with van der Waals surface area (Å²) in [5.74, 6) is -0.412. The van der Waals surface area contributed by atoms with E-state index in [9.17, 15) is 14.7 Å². The molecule has 1 heterocycles.